The summed E-state index contributed by atoms with van der Waals surface area (Å²) < 4.78 is 25.9. The molecule has 10 heteroatoms. The highest BCUT2D eigenvalue weighted by molar-refractivity contribution is 6.32. The number of amides is 1. The number of rotatable bonds is 16. The number of ether oxygens (including phenoxy) is 2. The largest absolute Gasteiger partial charge is 0.488 e. The zero-order chi connectivity index (χ0) is 35.7. The van der Waals surface area contributed by atoms with E-state index in [9.17, 15) is 14.4 Å². The van der Waals surface area contributed by atoms with Crippen molar-refractivity contribution >= 4 is 23.2 Å². The Morgan fingerprint density at radius 2 is 1.75 bits per heavy atom. The summed E-state index contributed by atoms with van der Waals surface area (Å²) in [7, 11) is 0. The highest BCUT2D eigenvalue weighted by Crippen LogP contribution is 2.39. The van der Waals surface area contributed by atoms with Crippen molar-refractivity contribution in [1.82, 2.24) is 15.5 Å². The fourth-order valence-electron chi connectivity index (χ4n) is 6.85. The summed E-state index contributed by atoms with van der Waals surface area (Å²) in [6.07, 6.45) is 1.37. The minimum atomic E-state index is -0.653. The maximum atomic E-state index is 13.2. The maximum absolute atomic E-state index is 13.2. The molecule has 266 valence electrons. The molecule has 51 heavy (non-hydrogen) atoms. The van der Waals surface area contributed by atoms with Gasteiger partial charge in [0.2, 0.25) is 5.91 Å². The minimum absolute atomic E-state index is 0.0754. The van der Waals surface area contributed by atoms with Gasteiger partial charge < -0.3 is 25.0 Å². The molecule has 8 nitrogen and oxygen atoms in total. The average molecular weight is 710 g/mol. The van der Waals surface area contributed by atoms with Crippen LogP contribution in [0.15, 0.2) is 72.8 Å². The van der Waals surface area contributed by atoms with Crippen molar-refractivity contribution in [3.8, 4) is 28.7 Å². The van der Waals surface area contributed by atoms with E-state index in [1.165, 1.54) is 29.3 Å². The molecule has 0 spiro atoms. The first kappa shape index (κ1) is 36.2. The molecule has 0 bridgehead atoms. The molecule has 0 atom stereocenters. The normalized spacial score (nSPS) is 14.1. The average Bonchev–Trinajstić information content (AvgIpc) is 3.53. The van der Waals surface area contributed by atoms with Crippen LogP contribution in [-0.2, 0) is 31.0 Å². The standard InChI is InChI=1S/C41H45ClFN5O3/c1-28-32(9-4-10-35(28)36-11-5-12-39-37(36)13-18-48(39)17-6-16-47-24-34(43)25-47)27-51-41-21-40(50-26-31-8-3-7-30(19-31)22-44)33(20-38(41)42)23-45-14-15-46-29(2)49/h3-5,7-12,19-21,34,45H,6,13-18,23-27H2,1-2H3,(H,46,49). The Hall–Kier alpha value is -4.62. The lowest BCUT2D eigenvalue weighted by Crippen LogP contribution is -2.48. The molecule has 0 radical (unpaired) electrons. The van der Waals surface area contributed by atoms with Crippen molar-refractivity contribution in [3.63, 3.8) is 0 Å². The number of nitriles is 1. The zero-order valence-corrected chi connectivity index (χ0v) is 30.1. The number of halogens is 2. The third-order valence-corrected chi connectivity index (χ3v) is 9.91. The molecule has 2 N–H and O–H groups in total. The van der Waals surface area contributed by atoms with Crippen LogP contribution in [0.2, 0.25) is 5.02 Å². The smallest absolute Gasteiger partial charge is 0.216 e. The molecular formula is C41H45ClFN5O3. The van der Waals surface area contributed by atoms with E-state index in [0.29, 0.717) is 61.4 Å². The van der Waals surface area contributed by atoms with Crippen LogP contribution in [0.25, 0.3) is 11.1 Å². The Morgan fingerprint density at radius 1 is 0.961 bits per heavy atom. The van der Waals surface area contributed by atoms with Crippen LogP contribution in [0, 0.1) is 18.3 Å². The molecule has 1 saturated heterocycles. The summed E-state index contributed by atoms with van der Waals surface area (Å²) in [6, 6.07) is 26.1. The van der Waals surface area contributed by atoms with Crippen LogP contribution in [0.5, 0.6) is 11.5 Å². The van der Waals surface area contributed by atoms with Crippen molar-refractivity contribution in [2.45, 2.75) is 52.6 Å². The first-order chi connectivity index (χ1) is 24.8. The lowest BCUT2D eigenvalue weighted by Gasteiger charge is -2.34. The summed E-state index contributed by atoms with van der Waals surface area (Å²) in [6.45, 7) is 9.86. The van der Waals surface area contributed by atoms with Gasteiger partial charge in [-0.3, -0.25) is 9.69 Å². The van der Waals surface area contributed by atoms with E-state index >= 15 is 0 Å². The van der Waals surface area contributed by atoms with Crippen LogP contribution >= 0.6 is 11.6 Å². The number of hydrogen-bond donors (Lipinski definition) is 2. The monoisotopic (exact) mass is 709 g/mol. The Balaban J connectivity index is 1.16. The fourth-order valence-corrected chi connectivity index (χ4v) is 7.09. The number of benzene rings is 4. The molecule has 1 fully saturated rings. The number of anilines is 1. The molecule has 0 aromatic heterocycles. The first-order valence-corrected chi connectivity index (χ1v) is 18.0. The van der Waals surface area contributed by atoms with Crippen LogP contribution in [-0.4, -0.2) is 62.8 Å². The summed E-state index contributed by atoms with van der Waals surface area (Å²) in [5, 5.41) is 15.9. The molecule has 0 aliphatic carbocycles. The lowest BCUT2D eigenvalue weighted by molar-refractivity contribution is -0.118. The van der Waals surface area contributed by atoms with Crippen LogP contribution in [0.3, 0.4) is 0 Å². The molecule has 2 aliphatic rings. The number of carbonyl (C=O) groups is 1. The Morgan fingerprint density at radius 3 is 2.55 bits per heavy atom. The van der Waals surface area contributed by atoms with E-state index in [4.69, 9.17) is 21.1 Å². The third-order valence-electron chi connectivity index (χ3n) is 9.61. The number of fused-ring (bicyclic) bond motifs is 1. The number of likely N-dealkylation sites (tertiary alicyclic amines) is 1. The topological polar surface area (TPSA) is 89.9 Å². The molecule has 1 amide bonds. The van der Waals surface area contributed by atoms with Crippen LogP contribution in [0.1, 0.15) is 46.7 Å². The highest BCUT2D eigenvalue weighted by atomic mass is 35.5. The Labute approximate surface area is 305 Å². The van der Waals surface area contributed by atoms with Gasteiger partial charge in [-0.05, 0) is 77.4 Å². The Bertz CT molecular complexity index is 1890. The molecule has 4 aromatic carbocycles. The van der Waals surface area contributed by atoms with Gasteiger partial charge in [0.25, 0.3) is 0 Å². The molecule has 0 saturated carbocycles. The predicted octanol–water partition coefficient (Wildman–Crippen LogP) is 6.98. The van der Waals surface area contributed by atoms with Crippen molar-refractivity contribution in [2.24, 2.45) is 0 Å². The minimum Gasteiger partial charge on any atom is -0.488 e. The van der Waals surface area contributed by atoms with Gasteiger partial charge in [0.15, 0.2) is 0 Å². The van der Waals surface area contributed by atoms with Gasteiger partial charge in [-0.25, -0.2) is 4.39 Å². The summed E-state index contributed by atoms with van der Waals surface area (Å²) in [5.74, 6) is 1.06. The fraction of sp³-hybridized carbons (Fsp3) is 0.366. The molecule has 2 heterocycles. The van der Waals surface area contributed by atoms with E-state index in [-0.39, 0.29) is 12.5 Å². The maximum Gasteiger partial charge on any atom is 0.216 e. The van der Waals surface area contributed by atoms with Gasteiger partial charge >= 0.3 is 0 Å². The van der Waals surface area contributed by atoms with Crippen molar-refractivity contribution < 1.29 is 18.7 Å². The van der Waals surface area contributed by atoms with Gasteiger partial charge in [-0.1, -0.05) is 54.1 Å². The summed E-state index contributed by atoms with van der Waals surface area (Å²) in [4.78, 5) is 15.9. The predicted molar refractivity (Wildman–Crippen MR) is 200 cm³/mol. The molecule has 4 aromatic rings. The quantitative estimate of drug-likeness (QED) is 0.121. The number of nitrogens with zero attached hydrogens (tertiary/aromatic N) is 3. The summed E-state index contributed by atoms with van der Waals surface area (Å²) in [5.41, 5.74) is 9.64. The number of carbonyl (C=O) groups excluding carboxylic acids is 1. The van der Waals surface area contributed by atoms with E-state index in [1.54, 1.807) is 6.07 Å². The van der Waals surface area contributed by atoms with E-state index < -0.39 is 6.17 Å². The second kappa shape index (κ2) is 17.1. The van der Waals surface area contributed by atoms with Gasteiger partial charge in [-0.15, -0.1) is 0 Å². The number of nitrogens with one attached hydrogen (secondary N) is 2. The lowest BCUT2D eigenvalue weighted by atomic mass is 9.92. The van der Waals surface area contributed by atoms with E-state index in [0.717, 1.165) is 54.7 Å². The SMILES string of the molecule is CC(=O)NCCNCc1cc(Cl)c(OCc2cccc(-c3cccc4c3CCN4CCCN3CC(F)C3)c2C)cc1OCc1cccc(C#N)c1. The molecule has 0 unspecified atom stereocenters. The summed E-state index contributed by atoms with van der Waals surface area (Å²) >= 11 is 6.80. The van der Waals surface area contributed by atoms with Crippen molar-refractivity contribution in [3.05, 3.63) is 111 Å². The second-order valence-electron chi connectivity index (χ2n) is 13.3. The highest BCUT2D eigenvalue weighted by Gasteiger charge is 2.27. The van der Waals surface area contributed by atoms with Gasteiger partial charge in [0, 0.05) is 76.6 Å². The van der Waals surface area contributed by atoms with Crippen molar-refractivity contribution in [1.29, 1.82) is 5.26 Å². The second-order valence-corrected chi connectivity index (χ2v) is 13.7. The van der Waals surface area contributed by atoms with Crippen LogP contribution in [0.4, 0.5) is 10.1 Å². The Kier molecular flexibility index (Phi) is 12.1. The van der Waals surface area contributed by atoms with E-state index in [2.05, 4.69) is 69.8 Å². The molecule has 2 aliphatic heterocycles. The molecular weight excluding hydrogens is 665 g/mol. The van der Waals surface area contributed by atoms with Gasteiger partial charge in [0.05, 0.1) is 16.7 Å². The van der Waals surface area contributed by atoms with Crippen molar-refractivity contribution in [2.75, 3.05) is 50.7 Å². The van der Waals surface area contributed by atoms with Gasteiger partial charge in [0.1, 0.15) is 30.9 Å². The first-order valence-electron chi connectivity index (χ1n) is 17.6. The van der Waals surface area contributed by atoms with Gasteiger partial charge in [-0.2, -0.15) is 5.26 Å². The molecule has 6 rings (SSSR count). The third kappa shape index (κ3) is 9.19. The number of alkyl halides is 1. The van der Waals surface area contributed by atoms with E-state index in [1.807, 2.05) is 30.3 Å². The number of hydrogen-bond acceptors (Lipinski definition) is 7. The zero-order valence-electron chi connectivity index (χ0n) is 29.3. The van der Waals surface area contributed by atoms with Crippen LogP contribution < -0.4 is 25.0 Å².